The summed E-state index contributed by atoms with van der Waals surface area (Å²) in [5.41, 5.74) is 7.74. The molecule has 0 aliphatic carbocycles. The first-order chi connectivity index (χ1) is 7.85. The molecule has 0 aliphatic rings. The van der Waals surface area contributed by atoms with Gasteiger partial charge in [-0.1, -0.05) is 41.7 Å². The fourth-order valence-electron chi connectivity index (χ4n) is 1.48. The van der Waals surface area contributed by atoms with Crippen LogP contribution in [0.5, 0.6) is 5.19 Å². The Bertz CT molecular complexity index is 453. The van der Waals surface area contributed by atoms with Crippen molar-refractivity contribution < 1.29 is 4.74 Å². The first-order valence-electron chi connectivity index (χ1n) is 5.23. The average molecular weight is 234 g/mol. The van der Waals surface area contributed by atoms with E-state index in [-0.39, 0.29) is 0 Å². The highest BCUT2D eigenvalue weighted by molar-refractivity contribution is 7.13. The minimum absolute atomic E-state index is 0.495. The lowest BCUT2D eigenvalue weighted by molar-refractivity contribution is 0.338. The predicted octanol–water partition coefficient (Wildman–Crippen LogP) is 2.67. The van der Waals surface area contributed by atoms with Crippen molar-refractivity contribution in [2.75, 3.05) is 6.61 Å². The summed E-state index contributed by atoms with van der Waals surface area (Å²) in [5.74, 6) is 0. The van der Waals surface area contributed by atoms with Gasteiger partial charge in [0.05, 0.1) is 12.3 Å². The molecule has 0 saturated carbocycles. The van der Waals surface area contributed by atoms with Crippen LogP contribution >= 0.6 is 11.3 Å². The smallest absolute Gasteiger partial charge is 0.274 e. The number of rotatable bonds is 4. The molecule has 2 rings (SSSR count). The van der Waals surface area contributed by atoms with Crippen molar-refractivity contribution in [3.05, 3.63) is 35.2 Å². The van der Waals surface area contributed by atoms with Crippen molar-refractivity contribution in [2.45, 2.75) is 13.5 Å². The van der Waals surface area contributed by atoms with E-state index in [0.717, 1.165) is 16.1 Å². The van der Waals surface area contributed by atoms with Crippen LogP contribution in [0.2, 0.25) is 0 Å². The first kappa shape index (κ1) is 11.1. The van der Waals surface area contributed by atoms with Crippen LogP contribution < -0.4 is 10.5 Å². The molecule has 0 atom stereocenters. The Morgan fingerprint density at radius 1 is 1.31 bits per heavy atom. The molecule has 0 unspecified atom stereocenters. The summed E-state index contributed by atoms with van der Waals surface area (Å²) in [6.07, 6.45) is 0. The van der Waals surface area contributed by atoms with Crippen LogP contribution in [0, 0.1) is 0 Å². The number of thiazole rings is 1. The molecule has 0 aliphatic heterocycles. The first-order valence-corrected chi connectivity index (χ1v) is 6.04. The van der Waals surface area contributed by atoms with Gasteiger partial charge in [0.25, 0.3) is 5.19 Å². The van der Waals surface area contributed by atoms with Gasteiger partial charge in [0, 0.05) is 17.0 Å². The number of nitrogens with two attached hydrogens (primary N) is 1. The van der Waals surface area contributed by atoms with Crippen molar-refractivity contribution in [3.63, 3.8) is 0 Å². The maximum Gasteiger partial charge on any atom is 0.274 e. The molecular formula is C12H14N2OS. The van der Waals surface area contributed by atoms with E-state index in [9.17, 15) is 0 Å². The number of hydrogen-bond acceptors (Lipinski definition) is 4. The Morgan fingerprint density at radius 3 is 2.69 bits per heavy atom. The second-order valence-electron chi connectivity index (χ2n) is 3.25. The van der Waals surface area contributed by atoms with Crippen molar-refractivity contribution in [1.29, 1.82) is 0 Å². The molecule has 3 nitrogen and oxygen atoms in total. The molecule has 0 radical (unpaired) electrons. The summed E-state index contributed by atoms with van der Waals surface area (Å²) >= 11 is 1.52. The van der Waals surface area contributed by atoms with Gasteiger partial charge in [0.1, 0.15) is 0 Å². The highest BCUT2D eigenvalue weighted by atomic mass is 32.1. The molecule has 1 heterocycles. The number of aromatic nitrogens is 1. The summed E-state index contributed by atoms with van der Waals surface area (Å²) in [7, 11) is 0. The zero-order chi connectivity index (χ0) is 11.4. The minimum Gasteiger partial charge on any atom is -0.470 e. The van der Waals surface area contributed by atoms with Gasteiger partial charge in [-0.05, 0) is 6.92 Å². The van der Waals surface area contributed by atoms with E-state index < -0.39 is 0 Å². The zero-order valence-corrected chi connectivity index (χ0v) is 9.96. The molecule has 0 fully saturated rings. The maximum atomic E-state index is 5.71. The van der Waals surface area contributed by atoms with Crippen molar-refractivity contribution in [2.24, 2.45) is 5.73 Å². The molecule has 0 amide bonds. The molecular weight excluding hydrogens is 220 g/mol. The van der Waals surface area contributed by atoms with Gasteiger partial charge in [0.2, 0.25) is 0 Å². The lowest BCUT2D eigenvalue weighted by Crippen LogP contribution is -1.95. The lowest BCUT2D eigenvalue weighted by Gasteiger charge is -1.98. The third kappa shape index (κ3) is 2.23. The Labute approximate surface area is 98.9 Å². The maximum absolute atomic E-state index is 5.71. The highest BCUT2D eigenvalue weighted by Crippen LogP contribution is 2.31. The Kier molecular flexibility index (Phi) is 3.54. The van der Waals surface area contributed by atoms with Crippen LogP contribution in [0.4, 0.5) is 0 Å². The SMILES string of the molecule is CCOc1nc(-c2ccccc2)c(CN)s1. The highest BCUT2D eigenvalue weighted by Gasteiger charge is 2.11. The molecule has 4 heteroatoms. The molecule has 84 valence electrons. The van der Waals surface area contributed by atoms with Gasteiger partial charge in [-0.25, -0.2) is 4.98 Å². The Morgan fingerprint density at radius 2 is 2.06 bits per heavy atom. The quantitative estimate of drug-likeness (QED) is 0.884. The summed E-state index contributed by atoms with van der Waals surface area (Å²) in [5, 5.41) is 0.696. The lowest BCUT2D eigenvalue weighted by atomic mass is 10.1. The third-order valence-corrected chi connectivity index (χ3v) is 3.17. The summed E-state index contributed by atoms with van der Waals surface area (Å²) < 4.78 is 5.40. The summed E-state index contributed by atoms with van der Waals surface area (Å²) in [4.78, 5) is 5.52. The van der Waals surface area contributed by atoms with Gasteiger partial charge in [-0.15, -0.1) is 0 Å². The van der Waals surface area contributed by atoms with Gasteiger partial charge in [-0.3, -0.25) is 0 Å². The van der Waals surface area contributed by atoms with Crippen molar-refractivity contribution in [1.82, 2.24) is 4.98 Å². The van der Waals surface area contributed by atoms with Crippen LogP contribution in [0.1, 0.15) is 11.8 Å². The van der Waals surface area contributed by atoms with Crippen LogP contribution in [0.3, 0.4) is 0 Å². The van der Waals surface area contributed by atoms with Crippen LogP contribution in [-0.4, -0.2) is 11.6 Å². The van der Waals surface area contributed by atoms with E-state index in [0.29, 0.717) is 18.3 Å². The second kappa shape index (κ2) is 5.09. The third-order valence-electron chi connectivity index (χ3n) is 2.18. The van der Waals surface area contributed by atoms with Crippen LogP contribution in [0.15, 0.2) is 30.3 Å². The molecule has 16 heavy (non-hydrogen) atoms. The predicted molar refractivity (Wildman–Crippen MR) is 66.6 cm³/mol. The van der Waals surface area contributed by atoms with Crippen molar-refractivity contribution in [3.8, 4) is 16.5 Å². The number of ether oxygens (including phenoxy) is 1. The molecule has 0 bridgehead atoms. The largest absolute Gasteiger partial charge is 0.470 e. The fraction of sp³-hybridized carbons (Fsp3) is 0.250. The number of nitrogens with zero attached hydrogens (tertiary/aromatic N) is 1. The number of benzene rings is 1. The van der Waals surface area contributed by atoms with Crippen molar-refractivity contribution >= 4 is 11.3 Å². The van der Waals surface area contributed by atoms with E-state index >= 15 is 0 Å². The van der Waals surface area contributed by atoms with Gasteiger partial charge >= 0.3 is 0 Å². The molecule has 2 N–H and O–H groups in total. The Hall–Kier alpha value is -1.39. The van der Waals surface area contributed by atoms with Gasteiger partial charge < -0.3 is 10.5 Å². The standard InChI is InChI=1S/C12H14N2OS/c1-2-15-12-14-11(10(8-13)16-12)9-6-4-3-5-7-9/h3-7H,2,8,13H2,1H3. The van der Waals surface area contributed by atoms with E-state index in [4.69, 9.17) is 10.5 Å². The summed E-state index contributed by atoms with van der Waals surface area (Å²) in [6.45, 7) is 3.08. The van der Waals surface area contributed by atoms with Crippen LogP contribution in [0.25, 0.3) is 11.3 Å². The fourth-order valence-corrected chi connectivity index (χ4v) is 2.34. The molecule has 1 aromatic heterocycles. The van der Waals surface area contributed by atoms with E-state index in [1.807, 2.05) is 37.3 Å². The van der Waals surface area contributed by atoms with Crippen LogP contribution in [-0.2, 0) is 6.54 Å². The van der Waals surface area contributed by atoms with E-state index in [2.05, 4.69) is 4.98 Å². The topological polar surface area (TPSA) is 48.1 Å². The average Bonchev–Trinajstić information content (AvgIpc) is 2.74. The normalized spacial score (nSPS) is 10.4. The molecule has 1 aromatic carbocycles. The zero-order valence-electron chi connectivity index (χ0n) is 9.14. The molecule has 2 aromatic rings. The van der Waals surface area contributed by atoms with Gasteiger partial charge in [-0.2, -0.15) is 0 Å². The second-order valence-corrected chi connectivity index (χ2v) is 4.30. The molecule has 0 spiro atoms. The van der Waals surface area contributed by atoms with Gasteiger partial charge in [0.15, 0.2) is 0 Å². The number of hydrogen-bond donors (Lipinski definition) is 1. The Balaban J connectivity index is 2.39. The monoisotopic (exact) mass is 234 g/mol. The van der Waals surface area contributed by atoms with E-state index in [1.54, 1.807) is 0 Å². The molecule has 0 saturated heterocycles. The van der Waals surface area contributed by atoms with E-state index in [1.165, 1.54) is 11.3 Å². The summed E-state index contributed by atoms with van der Waals surface area (Å²) in [6, 6.07) is 10.0. The minimum atomic E-state index is 0.495.